The molecule has 0 saturated carbocycles. The molecule has 5 heteroatoms. The van der Waals surface area contributed by atoms with E-state index in [1.54, 1.807) is 0 Å². The van der Waals surface area contributed by atoms with Gasteiger partial charge in [0.1, 0.15) is 11.0 Å². The summed E-state index contributed by atoms with van der Waals surface area (Å²) in [5, 5.41) is 0. The van der Waals surface area contributed by atoms with Gasteiger partial charge in [-0.25, -0.2) is 4.21 Å². The minimum atomic E-state index is -1.21. The van der Waals surface area contributed by atoms with Crippen LogP contribution in [0.25, 0.3) is 0 Å². The van der Waals surface area contributed by atoms with Gasteiger partial charge in [-0.2, -0.15) is 4.40 Å². The van der Waals surface area contributed by atoms with E-state index < -0.39 is 11.0 Å². The van der Waals surface area contributed by atoms with Gasteiger partial charge in [0, 0.05) is 12.1 Å². The van der Waals surface area contributed by atoms with Gasteiger partial charge in [0.15, 0.2) is 11.5 Å². The van der Waals surface area contributed by atoms with Crippen molar-refractivity contribution in [3.05, 3.63) is 23.8 Å². The highest BCUT2D eigenvalue weighted by molar-refractivity contribution is 7.85. The number of ether oxygens (including phenoxy) is 2. The number of rotatable bonds is 4. The molecule has 1 aliphatic heterocycles. The Morgan fingerprint density at radius 2 is 2.00 bits per heavy atom. The molecule has 1 aliphatic rings. The molecule has 0 aromatic heterocycles. The van der Waals surface area contributed by atoms with E-state index in [-0.39, 0.29) is 11.5 Å². The molecule has 0 amide bonds. The third-order valence-corrected chi connectivity index (χ3v) is 4.46. The Kier molecular flexibility index (Phi) is 4.48. The van der Waals surface area contributed by atoms with Crippen molar-refractivity contribution in [2.45, 2.75) is 45.3 Å². The Balaban J connectivity index is 2.14. The average molecular weight is 295 g/mol. The predicted octanol–water partition coefficient (Wildman–Crippen LogP) is 3.27. The molecule has 0 aliphatic carbocycles. The van der Waals surface area contributed by atoms with Crippen LogP contribution in [0.1, 0.15) is 39.7 Å². The zero-order valence-corrected chi connectivity index (χ0v) is 13.3. The lowest BCUT2D eigenvalue weighted by atomic mass is 10.1. The summed E-state index contributed by atoms with van der Waals surface area (Å²) in [6, 6.07) is 5.87. The molecule has 2 rings (SSSR count). The number of nitrogens with zero attached hydrogens (tertiary/aromatic N) is 1. The van der Waals surface area contributed by atoms with Crippen LogP contribution < -0.4 is 9.47 Å². The molecule has 4 nitrogen and oxygen atoms in total. The van der Waals surface area contributed by atoms with Gasteiger partial charge >= 0.3 is 0 Å². The van der Waals surface area contributed by atoms with E-state index in [4.69, 9.17) is 9.47 Å². The average Bonchev–Trinajstić information content (AvgIpc) is 2.84. The van der Waals surface area contributed by atoms with Crippen molar-refractivity contribution >= 4 is 16.7 Å². The van der Waals surface area contributed by atoms with E-state index in [2.05, 4.69) is 4.40 Å². The summed E-state index contributed by atoms with van der Waals surface area (Å²) in [5.74, 6) is 1.55. The SMILES string of the molecule is CC/C(Cc1ccc2c(c1)OCO2)=N\S(=O)C(C)(C)C. The third-order valence-electron chi connectivity index (χ3n) is 2.99. The van der Waals surface area contributed by atoms with Crippen molar-refractivity contribution < 1.29 is 13.7 Å². The molecule has 1 atom stereocenters. The lowest BCUT2D eigenvalue weighted by Gasteiger charge is -2.15. The van der Waals surface area contributed by atoms with E-state index in [1.807, 2.05) is 45.9 Å². The maximum atomic E-state index is 12.1. The molecule has 20 heavy (non-hydrogen) atoms. The Morgan fingerprint density at radius 1 is 1.30 bits per heavy atom. The fourth-order valence-corrected chi connectivity index (χ4v) is 2.46. The molecule has 0 fully saturated rings. The first-order valence-corrected chi connectivity index (χ1v) is 7.88. The molecular formula is C15H21NO3S. The van der Waals surface area contributed by atoms with Gasteiger partial charge < -0.3 is 9.47 Å². The lowest BCUT2D eigenvalue weighted by Crippen LogP contribution is -2.21. The molecule has 0 saturated heterocycles. The van der Waals surface area contributed by atoms with Gasteiger partial charge in [0.25, 0.3) is 0 Å². The van der Waals surface area contributed by atoms with Crippen molar-refractivity contribution in [3.8, 4) is 11.5 Å². The highest BCUT2D eigenvalue weighted by atomic mass is 32.2. The Bertz CT molecular complexity index is 547. The van der Waals surface area contributed by atoms with Gasteiger partial charge in [-0.3, -0.25) is 0 Å². The van der Waals surface area contributed by atoms with Crippen LogP contribution in [0.5, 0.6) is 11.5 Å². The third kappa shape index (κ3) is 3.60. The highest BCUT2D eigenvalue weighted by Crippen LogP contribution is 2.32. The topological polar surface area (TPSA) is 47.9 Å². The predicted molar refractivity (Wildman–Crippen MR) is 81.9 cm³/mol. The smallest absolute Gasteiger partial charge is 0.231 e. The van der Waals surface area contributed by atoms with E-state index in [0.29, 0.717) is 6.42 Å². The van der Waals surface area contributed by atoms with Gasteiger partial charge in [0.05, 0.1) is 4.75 Å². The van der Waals surface area contributed by atoms with E-state index >= 15 is 0 Å². The van der Waals surface area contributed by atoms with E-state index in [9.17, 15) is 4.21 Å². The monoisotopic (exact) mass is 295 g/mol. The van der Waals surface area contributed by atoms with Crippen molar-refractivity contribution in [2.24, 2.45) is 4.40 Å². The van der Waals surface area contributed by atoms with Crippen LogP contribution in [-0.2, 0) is 17.4 Å². The first-order chi connectivity index (χ1) is 9.40. The molecule has 110 valence electrons. The molecule has 0 radical (unpaired) electrons. The van der Waals surface area contributed by atoms with Crippen LogP contribution in [0, 0.1) is 0 Å². The number of hydrogen-bond donors (Lipinski definition) is 0. The summed E-state index contributed by atoms with van der Waals surface area (Å²) >= 11 is 0. The zero-order chi connectivity index (χ0) is 14.8. The van der Waals surface area contributed by atoms with Gasteiger partial charge in [0.2, 0.25) is 6.79 Å². The lowest BCUT2D eigenvalue weighted by molar-refractivity contribution is 0.174. The molecule has 0 bridgehead atoms. The standard InChI is InChI=1S/C15H21NO3S/c1-5-12(16-20(17)15(2,3)4)8-11-6-7-13-14(9-11)19-10-18-13/h6-7,9H,5,8,10H2,1-4H3/b16-12+. The fourth-order valence-electron chi connectivity index (χ4n) is 1.76. The maximum Gasteiger partial charge on any atom is 0.231 e. The van der Waals surface area contributed by atoms with Crippen LogP contribution in [0.15, 0.2) is 22.6 Å². The molecule has 0 N–H and O–H groups in total. The second-order valence-electron chi connectivity index (χ2n) is 5.74. The van der Waals surface area contributed by atoms with Crippen molar-refractivity contribution in [1.29, 1.82) is 0 Å². The summed E-state index contributed by atoms with van der Waals surface area (Å²) < 4.78 is 26.8. The largest absolute Gasteiger partial charge is 0.454 e. The second-order valence-corrected chi connectivity index (χ2v) is 7.64. The molecule has 1 aromatic carbocycles. The number of benzene rings is 1. The second kappa shape index (κ2) is 5.95. The van der Waals surface area contributed by atoms with E-state index in [1.165, 1.54) is 0 Å². The first-order valence-electron chi connectivity index (χ1n) is 6.77. The summed E-state index contributed by atoms with van der Waals surface area (Å²) in [5.41, 5.74) is 2.04. The van der Waals surface area contributed by atoms with Crippen LogP contribution in [0.2, 0.25) is 0 Å². The van der Waals surface area contributed by atoms with Gasteiger partial charge in [-0.1, -0.05) is 13.0 Å². The summed E-state index contributed by atoms with van der Waals surface area (Å²) in [4.78, 5) is 0. The summed E-state index contributed by atoms with van der Waals surface area (Å²) in [6.07, 6.45) is 1.48. The van der Waals surface area contributed by atoms with Gasteiger partial charge in [-0.05, 0) is 44.9 Å². The Morgan fingerprint density at radius 3 is 2.65 bits per heavy atom. The fraction of sp³-hybridized carbons (Fsp3) is 0.533. The number of fused-ring (bicyclic) bond motifs is 1. The van der Waals surface area contributed by atoms with Crippen LogP contribution in [0.3, 0.4) is 0 Å². The zero-order valence-electron chi connectivity index (χ0n) is 12.4. The minimum absolute atomic E-state index is 0.279. The first kappa shape index (κ1) is 15.0. The van der Waals surface area contributed by atoms with Crippen molar-refractivity contribution in [2.75, 3.05) is 6.79 Å². The van der Waals surface area contributed by atoms with Crippen LogP contribution in [0.4, 0.5) is 0 Å². The quantitative estimate of drug-likeness (QED) is 0.801. The summed E-state index contributed by atoms with van der Waals surface area (Å²) in [6.45, 7) is 8.11. The van der Waals surface area contributed by atoms with E-state index in [0.717, 1.165) is 29.2 Å². The minimum Gasteiger partial charge on any atom is -0.454 e. The highest BCUT2D eigenvalue weighted by Gasteiger charge is 2.20. The van der Waals surface area contributed by atoms with Crippen LogP contribution >= 0.6 is 0 Å². The molecule has 1 aromatic rings. The van der Waals surface area contributed by atoms with Crippen molar-refractivity contribution in [1.82, 2.24) is 0 Å². The molecule has 0 spiro atoms. The Labute approximate surface area is 122 Å². The summed E-state index contributed by atoms with van der Waals surface area (Å²) in [7, 11) is -1.21. The van der Waals surface area contributed by atoms with Gasteiger partial charge in [-0.15, -0.1) is 0 Å². The Hall–Kier alpha value is -1.36. The van der Waals surface area contributed by atoms with Crippen molar-refractivity contribution in [3.63, 3.8) is 0 Å². The molecule has 1 unspecified atom stereocenters. The molecule has 1 heterocycles. The molecular weight excluding hydrogens is 274 g/mol. The number of hydrogen-bond acceptors (Lipinski definition) is 3. The maximum absolute atomic E-state index is 12.1. The van der Waals surface area contributed by atoms with Crippen LogP contribution in [-0.4, -0.2) is 21.5 Å². The normalized spacial score (nSPS) is 16.3.